The van der Waals surface area contributed by atoms with Gasteiger partial charge < -0.3 is 4.74 Å². The molecule has 2 unspecified atom stereocenters. The maximum Gasteiger partial charge on any atom is 0.148 e. The van der Waals surface area contributed by atoms with Gasteiger partial charge in [0.05, 0.1) is 6.10 Å². The Bertz CT molecular complexity index is 180. The van der Waals surface area contributed by atoms with Crippen LogP contribution in [0.25, 0.3) is 0 Å². The molecule has 0 rings (SSSR count). The van der Waals surface area contributed by atoms with Crippen LogP contribution >= 0.6 is 0 Å². The van der Waals surface area contributed by atoms with Crippen LogP contribution in [0.2, 0.25) is 0 Å². The Morgan fingerprint density at radius 3 is 2.36 bits per heavy atom. The van der Waals surface area contributed by atoms with Crippen molar-refractivity contribution in [2.24, 2.45) is 0 Å². The highest BCUT2D eigenvalue weighted by Gasteiger charge is 2.16. The number of hydrogen-bond acceptors (Lipinski definition) is 1. The molecule has 0 aliphatic carbocycles. The van der Waals surface area contributed by atoms with Gasteiger partial charge in [-0.3, -0.25) is 0 Å². The Kier molecular flexibility index (Phi) is 6.62. The molecule has 0 radical (unpaired) electrons. The van der Waals surface area contributed by atoms with Gasteiger partial charge >= 0.3 is 0 Å². The van der Waals surface area contributed by atoms with Gasteiger partial charge in [0.25, 0.3) is 0 Å². The molecule has 4 heteroatoms. The summed E-state index contributed by atoms with van der Waals surface area (Å²) < 4.78 is 43.0. The van der Waals surface area contributed by atoms with Gasteiger partial charge in [0.1, 0.15) is 18.2 Å². The minimum atomic E-state index is -1.66. The Labute approximate surface area is 82.9 Å². The van der Waals surface area contributed by atoms with E-state index in [4.69, 9.17) is 4.74 Å². The molecule has 0 aliphatic heterocycles. The second-order valence-electron chi connectivity index (χ2n) is 3.12. The molecule has 0 spiro atoms. The van der Waals surface area contributed by atoms with Crippen molar-refractivity contribution >= 4 is 0 Å². The monoisotopic (exact) mass is 210 g/mol. The highest BCUT2D eigenvalue weighted by atomic mass is 19.2. The van der Waals surface area contributed by atoms with Crippen LogP contribution in [0.1, 0.15) is 27.2 Å². The molecule has 0 aromatic heterocycles. The average molecular weight is 210 g/mol. The minimum Gasteiger partial charge on any atom is -0.376 e. The molecule has 0 bridgehead atoms. The molecule has 0 aromatic rings. The fourth-order valence-electron chi connectivity index (χ4n) is 0.947. The SMILES string of the molecule is CCOC(C)[C@H](F)C/C=C(/F)C(C)F. The fraction of sp³-hybridized carbons (Fsp3) is 0.800. The highest BCUT2D eigenvalue weighted by Crippen LogP contribution is 2.14. The van der Waals surface area contributed by atoms with Crippen LogP contribution in [0.3, 0.4) is 0 Å². The summed E-state index contributed by atoms with van der Waals surface area (Å²) in [6.45, 7) is 4.81. The predicted octanol–water partition coefficient (Wildman–Crippen LogP) is 3.35. The summed E-state index contributed by atoms with van der Waals surface area (Å²) in [5.74, 6) is -0.920. The van der Waals surface area contributed by atoms with Crippen molar-refractivity contribution in [1.29, 1.82) is 0 Å². The van der Waals surface area contributed by atoms with Crippen LogP contribution in [-0.4, -0.2) is 25.1 Å². The molecular formula is C10H17F3O. The lowest BCUT2D eigenvalue weighted by atomic mass is 10.1. The van der Waals surface area contributed by atoms with Gasteiger partial charge in [-0.1, -0.05) is 0 Å². The first-order valence-electron chi connectivity index (χ1n) is 4.74. The van der Waals surface area contributed by atoms with Crippen molar-refractivity contribution in [1.82, 2.24) is 0 Å². The van der Waals surface area contributed by atoms with Crippen molar-refractivity contribution < 1.29 is 17.9 Å². The zero-order chi connectivity index (χ0) is 11.1. The van der Waals surface area contributed by atoms with Gasteiger partial charge in [0, 0.05) is 13.0 Å². The third kappa shape index (κ3) is 5.27. The molecular weight excluding hydrogens is 193 g/mol. The Hall–Kier alpha value is -0.510. The summed E-state index contributed by atoms with van der Waals surface area (Å²) in [6, 6.07) is 0. The van der Waals surface area contributed by atoms with E-state index in [-0.39, 0.29) is 6.42 Å². The Morgan fingerprint density at radius 1 is 1.36 bits per heavy atom. The van der Waals surface area contributed by atoms with Gasteiger partial charge in [-0.2, -0.15) is 0 Å². The summed E-state index contributed by atoms with van der Waals surface area (Å²) >= 11 is 0. The molecule has 0 amide bonds. The number of rotatable bonds is 6. The second-order valence-corrected chi connectivity index (χ2v) is 3.12. The molecule has 1 nitrogen and oxygen atoms in total. The first-order valence-corrected chi connectivity index (χ1v) is 4.74. The molecule has 0 saturated carbocycles. The largest absolute Gasteiger partial charge is 0.376 e. The number of ether oxygens (including phenoxy) is 1. The average Bonchev–Trinajstić information content (AvgIpc) is 2.13. The van der Waals surface area contributed by atoms with Gasteiger partial charge in [0.15, 0.2) is 0 Å². The maximum absolute atomic E-state index is 13.1. The summed E-state index contributed by atoms with van der Waals surface area (Å²) in [7, 11) is 0. The molecule has 14 heavy (non-hydrogen) atoms. The number of hydrogen-bond donors (Lipinski definition) is 0. The Balaban J connectivity index is 3.94. The van der Waals surface area contributed by atoms with Crippen molar-refractivity contribution in [3.63, 3.8) is 0 Å². The van der Waals surface area contributed by atoms with Crippen molar-refractivity contribution in [2.45, 2.75) is 45.6 Å². The van der Waals surface area contributed by atoms with Crippen LogP contribution in [-0.2, 0) is 4.74 Å². The zero-order valence-electron chi connectivity index (χ0n) is 8.77. The van der Waals surface area contributed by atoms with Crippen LogP contribution in [0.4, 0.5) is 13.2 Å². The van der Waals surface area contributed by atoms with E-state index >= 15 is 0 Å². The van der Waals surface area contributed by atoms with E-state index in [9.17, 15) is 13.2 Å². The van der Waals surface area contributed by atoms with E-state index in [0.717, 1.165) is 13.0 Å². The van der Waals surface area contributed by atoms with Crippen LogP contribution < -0.4 is 0 Å². The van der Waals surface area contributed by atoms with E-state index in [1.54, 1.807) is 13.8 Å². The first kappa shape index (κ1) is 13.5. The lowest BCUT2D eigenvalue weighted by Crippen LogP contribution is -2.21. The van der Waals surface area contributed by atoms with Gasteiger partial charge in [0.2, 0.25) is 0 Å². The topological polar surface area (TPSA) is 9.23 Å². The van der Waals surface area contributed by atoms with E-state index in [2.05, 4.69) is 0 Å². The molecule has 3 atom stereocenters. The van der Waals surface area contributed by atoms with Gasteiger partial charge in [-0.25, -0.2) is 13.2 Å². The summed E-state index contributed by atoms with van der Waals surface area (Å²) in [4.78, 5) is 0. The summed E-state index contributed by atoms with van der Waals surface area (Å²) in [5.41, 5.74) is 0. The first-order chi connectivity index (χ1) is 6.49. The standard InChI is InChI=1S/C10H17F3O/c1-4-14-8(3)10(13)6-5-9(12)7(2)11/h5,7-8,10H,4,6H2,1-3H3/b9-5+/t7?,8?,10-/m1/s1. The number of alkyl halides is 2. The molecule has 0 aliphatic rings. The fourth-order valence-corrected chi connectivity index (χ4v) is 0.947. The molecule has 0 aromatic carbocycles. The molecule has 0 saturated heterocycles. The van der Waals surface area contributed by atoms with Gasteiger partial charge in [-0.05, 0) is 26.8 Å². The van der Waals surface area contributed by atoms with E-state index in [0.29, 0.717) is 6.61 Å². The summed E-state index contributed by atoms with van der Waals surface area (Å²) in [6.07, 6.45) is -2.76. The van der Waals surface area contributed by atoms with Crippen LogP contribution in [0, 0.1) is 0 Å². The molecule has 0 heterocycles. The molecule has 84 valence electrons. The smallest absolute Gasteiger partial charge is 0.148 e. The van der Waals surface area contributed by atoms with Crippen molar-refractivity contribution in [3.8, 4) is 0 Å². The lowest BCUT2D eigenvalue weighted by molar-refractivity contribution is 0.0179. The number of halogens is 3. The van der Waals surface area contributed by atoms with E-state index in [1.807, 2.05) is 0 Å². The predicted molar refractivity (Wildman–Crippen MR) is 50.4 cm³/mol. The molecule has 0 N–H and O–H groups in total. The molecule has 0 fully saturated rings. The second kappa shape index (κ2) is 6.87. The van der Waals surface area contributed by atoms with E-state index in [1.165, 1.54) is 0 Å². The third-order valence-electron chi connectivity index (χ3n) is 1.86. The lowest BCUT2D eigenvalue weighted by Gasteiger charge is -2.14. The van der Waals surface area contributed by atoms with Crippen LogP contribution in [0.15, 0.2) is 11.9 Å². The minimum absolute atomic E-state index is 0.152. The Morgan fingerprint density at radius 2 is 1.93 bits per heavy atom. The zero-order valence-corrected chi connectivity index (χ0v) is 8.77. The number of allylic oxidation sites excluding steroid dienone is 2. The maximum atomic E-state index is 13.1. The third-order valence-corrected chi connectivity index (χ3v) is 1.86. The normalized spacial score (nSPS) is 19.1. The highest BCUT2D eigenvalue weighted by molar-refractivity contribution is 4.98. The van der Waals surface area contributed by atoms with Crippen molar-refractivity contribution in [3.05, 3.63) is 11.9 Å². The quantitative estimate of drug-likeness (QED) is 0.653. The summed E-state index contributed by atoms with van der Waals surface area (Å²) in [5, 5.41) is 0. The van der Waals surface area contributed by atoms with E-state index < -0.39 is 24.3 Å². The van der Waals surface area contributed by atoms with Gasteiger partial charge in [-0.15, -0.1) is 0 Å². The van der Waals surface area contributed by atoms with Crippen LogP contribution in [0.5, 0.6) is 0 Å². The van der Waals surface area contributed by atoms with Crippen molar-refractivity contribution in [2.75, 3.05) is 6.61 Å².